The lowest BCUT2D eigenvalue weighted by atomic mass is 10.1. The third-order valence-corrected chi connectivity index (χ3v) is 3.11. The summed E-state index contributed by atoms with van der Waals surface area (Å²) in [4.78, 5) is 11.5. The van der Waals surface area contributed by atoms with Crippen LogP contribution in [0.2, 0.25) is 0 Å². The summed E-state index contributed by atoms with van der Waals surface area (Å²) < 4.78 is 11.7. The maximum atomic E-state index is 11.5. The van der Waals surface area contributed by atoms with Crippen LogP contribution in [0.15, 0.2) is 0 Å². The molecule has 17 heavy (non-hydrogen) atoms. The minimum Gasteiger partial charge on any atom is -0.464 e. The number of nitrogens with zero attached hydrogens (tertiary/aromatic N) is 2. The highest BCUT2D eigenvalue weighted by Gasteiger charge is 2.24. The molecular formula is C11H17N3O3. The molecule has 2 N–H and O–H groups in total. The van der Waals surface area contributed by atoms with Gasteiger partial charge in [-0.25, -0.2) is 9.48 Å². The first kappa shape index (κ1) is 11.9. The molecular weight excluding hydrogens is 222 g/mol. The van der Waals surface area contributed by atoms with Crippen molar-refractivity contribution in [1.82, 2.24) is 9.78 Å². The van der Waals surface area contributed by atoms with Crippen LogP contribution in [0.4, 0.5) is 5.82 Å². The van der Waals surface area contributed by atoms with Gasteiger partial charge >= 0.3 is 5.97 Å². The van der Waals surface area contributed by atoms with Gasteiger partial charge in [0, 0.05) is 18.8 Å². The Morgan fingerprint density at radius 1 is 1.53 bits per heavy atom. The summed E-state index contributed by atoms with van der Waals surface area (Å²) in [6.45, 7) is 3.19. The van der Waals surface area contributed by atoms with Gasteiger partial charge in [0.05, 0.1) is 13.2 Å². The topological polar surface area (TPSA) is 79.4 Å². The van der Waals surface area contributed by atoms with Crippen molar-refractivity contribution in [3.63, 3.8) is 0 Å². The molecule has 6 nitrogen and oxygen atoms in total. The van der Waals surface area contributed by atoms with Crippen LogP contribution in [-0.4, -0.2) is 36.1 Å². The van der Waals surface area contributed by atoms with E-state index >= 15 is 0 Å². The van der Waals surface area contributed by atoms with Gasteiger partial charge in [-0.2, -0.15) is 5.10 Å². The van der Waals surface area contributed by atoms with Crippen molar-refractivity contribution in [1.29, 1.82) is 0 Å². The molecule has 0 amide bonds. The molecule has 0 bridgehead atoms. The molecule has 0 unspecified atom stereocenters. The van der Waals surface area contributed by atoms with E-state index in [-0.39, 0.29) is 6.04 Å². The Hall–Kier alpha value is -1.56. The van der Waals surface area contributed by atoms with Crippen molar-refractivity contribution < 1.29 is 14.3 Å². The van der Waals surface area contributed by atoms with Crippen LogP contribution in [0.1, 0.15) is 34.9 Å². The SMILES string of the molecule is COC(=O)c1nn(C2CCOCC2)c(N)c1C. The van der Waals surface area contributed by atoms with Crippen LogP contribution in [0.25, 0.3) is 0 Å². The lowest BCUT2D eigenvalue weighted by Gasteiger charge is -2.23. The van der Waals surface area contributed by atoms with Crippen LogP contribution in [0.5, 0.6) is 0 Å². The van der Waals surface area contributed by atoms with E-state index in [0.29, 0.717) is 30.3 Å². The fourth-order valence-electron chi connectivity index (χ4n) is 2.03. The van der Waals surface area contributed by atoms with E-state index < -0.39 is 5.97 Å². The lowest BCUT2D eigenvalue weighted by Crippen LogP contribution is -2.22. The van der Waals surface area contributed by atoms with Crippen LogP contribution in [-0.2, 0) is 9.47 Å². The molecule has 2 heterocycles. The monoisotopic (exact) mass is 239 g/mol. The van der Waals surface area contributed by atoms with Crippen molar-refractivity contribution in [2.75, 3.05) is 26.1 Å². The first-order valence-corrected chi connectivity index (χ1v) is 5.65. The third-order valence-electron chi connectivity index (χ3n) is 3.11. The Morgan fingerprint density at radius 2 is 2.18 bits per heavy atom. The molecule has 0 spiro atoms. The summed E-state index contributed by atoms with van der Waals surface area (Å²) >= 11 is 0. The molecule has 0 atom stereocenters. The van der Waals surface area contributed by atoms with Gasteiger partial charge in [0.25, 0.3) is 0 Å². The van der Waals surface area contributed by atoms with Crippen LogP contribution < -0.4 is 5.73 Å². The number of aromatic nitrogens is 2. The number of carbonyl (C=O) groups excluding carboxylic acids is 1. The van der Waals surface area contributed by atoms with Crippen LogP contribution in [0, 0.1) is 6.92 Å². The average molecular weight is 239 g/mol. The summed E-state index contributed by atoms with van der Waals surface area (Å²) in [5, 5.41) is 4.27. The summed E-state index contributed by atoms with van der Waals surface area (Å²) in [5.74, 6) is 0.0947. The number of nitrogens with two attached hydrogens (primary N) is 1. The predicted octanol–water partition coefficient (Wildman–Crippen LogP) is 0.912. The van der Waals surface area contributed by atoms with Gasteiger partial charge in [-0.3, -0.25) is 0 Å². The summed E-state index contributed by atoms with van der Waals surface area (Å²) in [6.07, 6.45) is 1.73. The standard InChI is InChI=1S/C11H17N3O3/c1-7-9(11(15)16-2)13-14(10(7)12)8-3-5-17-6-4-8/h8H,3-6,12H2,1-2H3. The van der Waals surface area contributed by atoms with Crippen molar-refractivity contribution >= 4 is 11.8 Å². The number of hydrogen-bond acceptors (Lipinski definition) is 5. The molecule has 1 saturated heterocycles. The number of anilines is 1. The smallest absolute Gasteiger partial charge is 0.358 e. The largest absolute Gasteiger partial charge is 0.464 e. The summed E-state index contributed by atoms with van der Waals surface area (Å²) in [6, 6.07) is 0.209. The summed E-state index contributed by atoms with van der Waals surface area (Å²) in [7, 11) is 1.34. The number of carbonyl (C=O) groups is 1. The van der Waals surface area contributed by atoms with E-state index in [4.69, 9.17) is 10.5 Å². The molecule has 1 aliphatic heterocycles. The van der Waals surface area contributed by atoms with E-state index in [1.165, 1.54) is 7.11 Å². The van der Waals surface area contributed by atoms with Gasteiger partial charge in [0.15, 0.2) is 5.69 Å². The van der Waals surface area contributed by atoms with E-state index in [1.807, 2.05) is 0 Å². The van der Waals surface area contributed by atoms with E-state index in [9.17, 15) is 4.79 Å². The van der Waals surface area contributed by atoms with Crippen molar-refractivity contribution in [2.45, 2.75) is 25.8 Å². The fraction of sp³-hybridized carbons (Fsp3) is 0.636. The van der Waals surface area contributed by atoms with Gasteiger partial charge < -0.3 is 15.2 Å². The number of ether oxygens (including phenoxy) is 2. The lowest BCUT2D eigenvalue weighted by molar-refractivity contribution is 0.0583. The normalized spacial score (nSPS) is 17.1. The molecule has 0 saturated carbocycles. The minimum absolute atomic E-state index is 0.209. The summed E-state index contributed by atoms with van der Waals surface area (Å²) in [5.41, 5.74) is 6.96. The van der Waals surface area contributed by atoms with Crippen LogP contribution >= 0.6 is 0 Å². The molecule has 6 heteroatoms. The Labute approximate surface area is 99.7 Å². The van der Waals surface area contributed by atoms with E-state index in [2.05, 4.69) is 9.84 Å². The molecule has 1 aliphatic rings. The Bertz CT molecular complexity index is 422. The Kier molecular flexibility index (Phi) is 3.33. The third kappa shape index (κ3) is 2.12. The Morgan fingerprint density at radius 3 is 2.76 bits per heavy atom. The van der Waals surface area contributed by atoms with Gasteiger partial charge in [0.1, 0.15) is 5.82 Å². The van der Waals surface area contributed by atoms with E-state index in [0.717, 1.165) is 12.8 Å². The number of nitrogen functional groups attached to an aromatic ring is 1. The quantitative estimate of drug-likeness (QED) is 0.776. The van der Waals surface area contributed by atoms with Gasteiger partial charge in [-0.15, -0.1) is 0 Å². The fourth-order valence-corrected chi connectivity index (χ4v) is 2.03. The maximum absolute atomic E-state index is 11.5. The highest BCUT2D eigenvalue weighted by atomic mass is 16.5. The molecule has 2 rings (SSSR count). The molecule has 0 radical (unpaired) electrons. The zero-order valence-corrected chi connectivity index (χ0v) is 10.1. The zero-order valence-electron chi connectivity index (χ0n) is 10.1. The molecule has 94 valence electrons. The van der Waals surface area contributed by atoms with Crippen molar-refractivity contribution in [2.24, 2.45) is 0 Å². The number of hydrogen-bond donors (Lipinski definition) is 1. The molecule has 0 aromatic carbocycles. The average Bonchev–Trinajstić information content (AvgIpc) is 2.67. The van der Waals surface area contributed by atoms with Gasteiger partial charge in [-0.1, -0.05) is 0 Å². The second-order valence-corrected chi connectivity index (χ2v) is 4.14. The minimum atomic E-state index is -0.444. The number of rotatable bonds is 2. The maximum Gasteiger partial charge on any atom is 0.358 e. The molecule has 1 fully saturated rings. The van der Waals surface area contributed by atoms with Gasteiger partial charge in [-0.05, 0) is 19.8 Å². The first-order valence-electron chi connectivity index (χ1n) is 5.65. The van der Waals surface area contributed by atoms with Crippen molar-refractivity contribution in [3.8, 4) is 0 Å². The molecule has 1 aromatic heterocycles. The predicted molar refractivity (Wildman–Crippen MR) is 61.8 cm³/mol. The van der Waals surface area contributed by atoms with Crippen molar-refractivity contribution in [3.05, 3.63) is 11.3 Å². The van der Waals surface area contributed by atoms with Crippen LogP contribution in [0.3, 0.4) is 0 Å². The Balaban J connectivity index is 2.31. The number of esters is 1. The second-order valence-electron chi connectivity index (χ2n) is 4.14. The highest BCUT2D eigenvalue weighted by molar-refractivity contribution is 5.90. The molecule has 1 aromatic rings. The number of methoxy groups -OCH3 is 1. The second kappa shape index (κ2) is 4.75. The zero-order chi connectivity index (χ0) is 12.4. The molecule has 0 aliphatic carbocycles. The van der Waals surface area contributed by atoms with Gasteiger partial charge in [0.2, 0.25) is 0 Å². The first-order chi connectivity index (χ1) is 8.15. The highest BCUT2D eigenvalue weighted by Crippen LogP contribution is 2.26. The van der Waals surface area contributed by atoms with E-state index in [1.54, 1.807) is 11.6 Å².